The quantitative estimate of drug-likeness (QED) is 0.162. The summed E-state index contributed by atoms with van der Waals surface area (Å²) in [6.07, 6.45) is 17.3. The van der Waals surface area contributed by atoms with E-state index >= 15 is 0 Å². The molecule has 1 aromatic heterocycles. The number of anilines is 2. The minimum absolute atomic E-state index is 0.0938. The maximum atomic E-state index is 2.55. The van der Waals surface area contributed by atoms with E-state index in [2.05, 4.69) is 248 Å². The SMILES string of the molecule is CC1(C)c2ccccc2-c2cc3c4ccccc4n(C4=CC(c5cc(-c6ccc(N7c8ccccc8C8C=CC=CC87)cc6)cc(-c6ccccc6)c5-c5ccccc5)CC=C4)c3cc21. The van der Waals surface area contributed by atoms with E-state index < -0.39 is 0 Å². The summed E-state index contributed by atoms with van der Waals surface area (Å²) in [6.45, 7) is 4.77. The Balaban J connectivity index is 0.983. The van der Waals surface area contributed by atoms with Crippen LogP contribution in [0.25, 0.3) is 72.0 Å². The van der Waals surface area contributed by atoms with Crippen LogP contribution in [0.15, 0.2) is 225 Å². The first kappa shape index (κ1) is 37.8. The highest BCUT2D eigenvalue weighted by Gasteiger charge is 2.38. The normalized spacial score (nSPS) is 18.7. The van der Waals surface area contributed by atoms with E-state index in [1.807, 2.05) is 0 Å². The molecule has 0 saturated carbocycles. The fourth-order valence-electron chi connectivity index (χ4n) is 11.8. The van der Waals surface area contributed by atoms with Crippen LogP contribution in [-0.4, -0.2) is 10.6 Å². The van der Waals surface area contributed by atoms with Crippen molar-refractivity contribution < 1.29 is 0 Å². The van der Waals surface area contributed by atoms with Crippen LogP contribution in [0, 0.1) is 0 Å². The van der Waals surface area contributed by atoms with Gasteiger partial charge in [-0.05, 0) is 128 Å². The van der Waals surface area contributed by atoms with Gasteiger partial charge in [0.1, 0.15) is 0 Å². The predicted octanol–water partition coefficient (Wildman–Crippen LogP) is 16.4. The standard InChI is InChI=1S/C63H48N2/c1-63(2)56-28-13-9-24-48(56)54-39-55-51-27-12-16-31-60(51)65(61(55)40-57(54)63)47-23-17-22-44(36-47)53-38-45(37-52(42-18-5-3-6-19-42)62(53)43-20-7-4-8-21-43)41-32-34-46(35-33-41)64-58-29-14-10-25-49(58)50-26-11-15-30-59(50)64/h3-21,23-40,44,49,58H,22H2,1-2H3. The summed E-state index contributed by atoms with van der Waals surface area (Å²) in [6, 6.07) is 68.4. The molecule has 0 spiro atoms. The molecule has 310 valence electrons. The molecule has 0 bridgehead atoms. The average Bonchev–Trinajstić information content (AvgIpc) is 3.96. The molecule has 0 N–H and O–H groups in total. The molecule has 9 aromatic rings. The molecule has 2 nitrogen and oxygen atoms in total. The third kappa shape index (κ3) is 5.87. The van der Waals surface area contributed by atoms with Gasteiger partial charge >= 0.3 is 0 Å². The van der Waals surface area contributed by atoms with E-state index in [0.717, 1.165) is 6.42 Å². The molecule has 0 saturated heterocycles. The van der Waals surface area contributed by atoms with Crippen molar-refractivity contribution in [2.24, 2.45) is 0 Å². The van der Waals surface area contributed by atoms with Gasteiger partial charge in [-0.3, -0.25) is 0 Å². The summed E-state index contributed by atoms with van der Waals surface area (Å²) >= 11 is 0. The monoisotopic (exact) mass is 832 g/mol. The van der Waals surface area contributed by atoms with Crippen molar-refractivity contribution in [3.8, 4) is 44.5 Å². The summed E-state index contributed by atoms with van der Waals surface area (Å²) in [5.74, 6) is 0.481. The van der Waals surface area contributed by atoms with Gasteiger partial charge in [-0.15, -0.1) is 0 Å². The molecule has 3 aliphatic carbocycles. The average molecular weight is 833 g/mol. The van der Waals surface area contributed by atoms with Crippen molar-refractivity contribution in [3.05, 3.63) is 247 Å². The van der Waals surface area contributed by atoms with Crippen LogP contribution in [0.1, 0.15) is 54.4 Å². The molecule has 1 aliphatic heterocycles. The highest BCUT2D eigenvalue weighted by Crippen LogP contribution is 2.52. The van der Waals surface area contributed by atoms with Crippen LogP contribution in [0.3, 0.4) is 0 Å². The number of fused-ring (bicyclic) bond motifs is 9. The smallest absolute Gasteiger partial charge is 0.0629 e. The lowest BCUT2D eigenvalue weighted by molar-refractivity contribution is 0.661. The molecule has 2 heterocycles. The third-order valence-electron chi connectivity index (χ3n) is 14.8. The Labute approximate surface area is 381 Å². The van der Waals surface area contributed by atoms with E-state index in [1.165, 1.54) is 106 Å². The highest BCUT2D eigenvalue weighted by atomic mass is 15.2. The van der Waals surface area contributed by atoms with Crippen molar-refractivity contribution in [1.29, 1.82) is 0 Å². The second-order valence-electron chi connectivity index (χ2n) is 18.8. The van der Waals surface area contributed by atoms with Crippen molar-refractivity contribution in [3.63, 3.8) is 0 Å². The van der Waals surface area contributed by atoms with Gasteiger partial charge in [-0.2, -0.15) is 0 Å². The van der Waals surface area contributed by atoms with Gasteiger partial charge in [0.05, 0.1) is 17.1 Å². The van der Waals surface area contributed by atoms with Crippen molar-refractivity contribution in [2.45, 2.75) is 43.6 Å². The molecular weight excluding hydrogens is 785 g/mol. The number of rotatable bonds is 6. The van der Waals surface area contributed by atoms with E-state index in [4.69, 9.17) is 0 Å². The molecule has 3 unspecified atom stereocenters. The highest BCUT2D eigenvalue weighted by molar-refractivity contribution is 6.12. The predicted molar refractivity (Wildman–Crippen MR) is 274 cm³/mol. The number of nitrogens with zero attached hydrogens (tertiary/aromatic N) is 2. The van der Waals surface area contributed by atoms with Crippen LogP contribution in [0.5, 0.6) is 0 Å². The second-order valence-corrected chi connectivity index (χ2v) is 18.8. The number of hydrogen-bond donors (Lipinski definition) is 0. The zero-order valence-electron chi connectivity index (χ0n) is 36.7. The largest absolute Gasteiger partial charge is 0.333 e. The Morgan fingerprint density at radius 1 is 0.508 bits per heavy atom. The number of allylic oxidation sites excluding steroid dienone is 6. The second kappa shape index (κ2) is 14.7. The molecule has 4 aliphatic rings. The van der Waals surface area contributed by atoms with Crippen molar-refractivity contribution >= 4 is 38.9 Å². The van der Waals surface area contributed by atoms with Gasteiger partial charge in [-0.25, -0.2) is 0 Å². The zero-order valence-corrected chi connectivity index (χ0v) is 36.7. The molecule has 0 radical (unpaired) electrons. The van der Waals surface area contributed by atoms with Gasteiger partial charge in [-0.1, -0.05) is 184 Å². The third-order valence-corrected chi connectivity index (χ3v) is 14.8. The molecule has 65 heavy (non-hydrogen) atoms. The minimum atomic E-state index is -0.0938. The Kier molecular flexibility index (Phi) is 8.55. The van der Waals surface area contributed by atoms with Crippen LogP contribution < -0.4 is 4.90 Å². The first-order valence-corrected chi connectivity index (χ1v) is 23.2. The van der Waals surface area contributed by atoms with Gasteiger partial charge in [0.2, 0.25) is 0 Å². The molecule has 8 aromatic carbocycles. The lowest BCUT2D eigenvalue weighted by Gasteiger charge is -2.29. The summed E-state index contributed by atoms with van der Waals surface area (Å²) in [4.78, 5) is 2.52. The fourth-order valence-corrected chi connectivity index (χ4v) is 11.8. The maximum absolute atomic E-state index is 2.55. The Morgan fingerprint density at radius 3 is 2.08 bits per heavy atom. The minimum Gasteiger partial charge on any atom is -0.333 e. The number of hydrogen-bond acceptors (Lipinski definition) is 1. The topological polar surface area (TPSA) is 8.17 Å². The van der Waals surface area contributed by atoms with Gasteiger partial charge in [0, 0.05) is 45.1 Å². The molecule has 2 heteroatoms. The first-order chi connectivity index (χ1) is 32.0. The van der Waals surface area contributed by atoms with Crippen molar-refractivity contribution in [1.82, 2.24) is 4.57 Å². The van der Waals surface area contributed by atoms with E-state index in [-0.39, 0.29) is 17.4 Å². The fraction of sp³-hybridized carbons (Fsp3) is 0.111. The number of aromatic nitrogens is 1. The van der Waals surface area contributed by atoms with Gasteiger partial charge in [0.15, 0.2) is 0 Å². The summed E-state index contributed by atoms with van der Waals surface area (Å²) in [7, 11) is 0. The Morgan fingerprint density at radius 2 is 1.23 bits per heavy atom. The molecule has 3 atom stereocenters. The zero-order chi connectivity index (χ0) is 43.2. The molecule has 13 rings (SSSR count). The van der Waals surface area contributed by atoms with E-state index in [0.29, 0.717) is 5.92 Å². The van der Waals surface area contributed by atoms with E-state index in [9.17, 15) is 0 Å². The first-order valence-electron chi connectivity index (χ1n) is 23.2. The van der Waals surface area contributed by atoms with Gasteiger partial charge in [0.25, 0.3) is 0 Å². The summed E-state index contributed by atoms with van der Waals surface area (Å²) in [5.41, 5.74) is 21.8. The maximum Gasteiger partial charge on any atom is 0.0629 e. The number of para-hydroxylation sites is 2. The Hall–Kier alpha value is -7.68. The molecular formula is C63H48N2. The van der Waals surface area contributed by atoms with E-state index in [1.54, 1.807) is 0 Å². The molecule has 0 amide bonds. The van der Waals surface area contributed by atoms with Crippen LogP contribution in [0.2, 0.25) is 0 Å². The summed E-state index contributed by atoms with van der Waals surface area (Å²) in [5, 5.41) is 2.59. The van der Waals surface area contributed by atoms with Crippen LogP contribution >= 0.6 is 0 Å². The van der Waals surface area contributed by atoms with Crippen LogP contribution in [0.4, 0.5) is 11.4 Å². The number of benzene rings is 8. The lowest BCUT2D eigenvalue weighted by atomic mass is 9.80. The van der Waals surface area contributed by atoms with Gasteiger partial charge < -0.3 is 9.47 Å². The lowest BCUT2D eigenvalue weighted by Crippen LogP contribution is -2.28. The Bertz CT molecular complexity index is 3490. The van der Waals surface area contributed by atoms with Crippen LogP contribution in [-0.2, 0) is 5.41 Å². The summed E-state index contributed by atoms with van der Waals surface area (Å²) < 4.78 is 2.54. The molecule has 0 fully saturated rings. The van der Waals surface area contributed by atoms with Crippen molar-refractivity contribution in [2.75, 3.05) is 4.90 Å².